The molecular weight excluding hydrogens is 464 g/mol. The van der Waals surface area contributed by atoms with E-state index in [1.807, 2.05) is 19.9 Å². The van der Waals surface area contributed by atoms with Crippen LogP contribution in [0.25, 0.3) is 5.78 Å². The zero-order chi connectivity index (χ0) is 26.6. The summed E-state index contributed by atoms with van der Waals surface area (Å²) in [5.74, 6) is 1.36. The van der Waals surface area contributed by atoms with Crippen molar-refractivity contribution >= 4 is 23.7 Å². The third kappa shape index (κ3) is 5.69. The number of carbonyl (C=O) groups excluding carboxylic acids is 2. The summed E-state index contributed by atoms with van der Waals surface area (Å²) in [5, 5.41) is 0. The van der Waals surface area contributed by atoms with Crippen molar-refractivity contribution in [2.24, 2.45) is 0 Å². The Bertz CT molecular complexity index is 1260. The van der Waals surface area contributed by atoms with Crippen molar-refractivity contribution in [1.82, 2.24) is 14.4 Å². The van der Waals surface area contributed by atoms with Crippen molar-refractivity contribution in [3.63, 3.8) is 0 Å². The van der Waals surface area contributed by atoms with Crippen molar-refractivity contribution in [2.45, 2.75) is 60.1 Å². The number of nitrogens with zero attached hydrogens (tertiary/aromatic N) is 4. The molecule has 36 heavy (non-hydrogen) atoms. The monoisotopic (exact) mass is 498 g/mol. The Balaban J connectivity index is 2.15. The number of carbonyl (C=O) groups is 2. The predicted molar refractivity (Wildman–Crippen MR) is 135 cm³/mol. The standard InChI is InChI=1S/C26H34N4O6/c1-9-19-21(23(31)35-10-2)29-14-16(3)22(28-24(29)27-19)30(25(32)36-26(4,5)6)15-17-11-12-18(33-7)13-20(17)34-8/h11-14H,9-10,15H2,1-8H3. The van der Waals surface area contributed by atoms with Gasteiger partial charge in [0.2, 0.25) is 5.78 Å². The molecule has 10 nitrogen and oxygen atoms in total. The molecule has 0 atom stereocenters. The average Bonchev–Trinajstić information content (AvgIpc) is 3.18. The maximum absolute atomic E-state index is 13.4. The largest absolute Gasteiger partial charge is 0.497 e. The summed E-state index contributed by atoms with van der Waals surface area (Å²) in [5.41, 5.74) is 1.55. The number of aryl methyl sites for hydroxylation is 2. The number of methoxy groups -OCH3 is 2. The second-order valence-electron chi connectivity index (χ2n) is 9.14. The summed E-state index contributed by atoms with van der Waals surface area (Å²) in [6.07, 6.45) is 1.68. The summed E-state index contributed by atoms with van der Waals surface area (Å²) in [7, 11) is 3.13. The Morgan fingerprint density at radius 2 is 1.81 bits per heavy atom. The van der Waals surface area contributed by atoms with Crippen molar-refractivity contribution in [1.29, 1.82) is 0 Å². The van der Waals surface area contributed by atoms with E-state index in [2.05, 4.69) is 9.97 Å². The molecule has 10 heteroatoms. The van der Waals surface area contributed by atoms with E-state index in [0.717, 1.165) is 5.56 Å². The van der Waals surface area contributed by atoms with E-state index in [4.69, 9.17) is 18.9 Å². The fraction of sp³-hybridized carbons (Fsp3) is 0.462. The fourth-order valence-corrected chi connectivity index (χ4v) is 3.73. The van der Waals surface area contributed by atoms with E-state index >= 15 is 0 Å². The maximum atomic E-state index is 13.4. The summed E-state index contributed by atoms with van der Waals surface area (Å²) in [4.78, 5) is 36.7. The van der Waals surface area contributed by atoms with Crippen LogP contribution in [0.3, 0.4) is 0 Å². The third-order valence-corrected chi connectivity index (χ3v) is 5.34. The molecule has 0 radical (unpaired) electrons. The topological polar surface area (TPSA) is 104 Å². The van der Waals surface area contributed by atoms with Crippen LogP contribution in [0.4, 0.5) is 10.6 Å². The first-order valence-electron chi connectivity index (χ1n) is 11.8. The first-order chi connectivity index (χ1) is 17.0. The van der Waals surface area contributed by atoms with Crippen molar-refractivity contribution < 1.29 is 28.5 Å². The van der Waals surface area contributed by atoms with Gasteiger partial charge in [-0.2, -0.15) is 4.98 Å². The van der Waals surface area contributed by atoms with Gasteiger partial charge in [-0.15, -0.1) is 0 Å². The Morgan fingerprint density at radius 3 is 2.39 bits per heavy atom. The van der Waals surface area contributed by atoms with Crippen LogP contribution in [-0.4, -0.2) is 52.9 Å². The van der Waals surface area contributed by atoms with Gasteiger partial charge in [-0.3, -0.25) is 9.30 Å². The van der Waals surface area contributed by atoms with Gasteiger partial charge in [0.1, 0.15) is 22.9 Å². The van der Waals surface area contributed by atoms with Gasteiger partial charge < -0.3 is 18.9 Å². The number of anilines is 1. The highest BCUT2D eigenvalue weighted by Crippen LogP contribution is 2.30. The third-order valence-electron chi connectivity index (χ3n) is 5.34. The van der Waals surface area contributed by atoms with Crippen molar-refractivity contribution in [2.75, 3.05) is 25.7 Å². The molecule has 0 unspecified atom stereocenters. The molecule has 0 aliphatic heterocycles. The molecule has 2 aromatic heterocycles. The first kappa shape index (κ1) is 26.8. The molecule has 0 spiro atoms. The second-order valence-corrected chi connectivity index (χ2v) is 9.14. The van der Waals surface area contributed by atoms with Gasteiger partial charge in [-0.1, -0.05) is 6.92 Å². The molecule has 1 amide bonds. The smallest absolute Gasteiger partial charge is 0.416 e. The normalized spacial score (nSPS) is 11.3. The van der Waals surface area contributed by atoms with Crippen LogP contribution in [0, 0.1) is 6.92 Å². The van der Waals surface area contributed by atoms with Crippen LogP contribution >= 0.6 is 0 Å². The molecule has 0 aliphatic carbocycles. The second kappa shape index (κ2) is 10.8. The van der Waals surface area contributed by atoms with Gasteiger partial charge >= 0.3 is 12.1 Å². The highest BCUT2D eigenvalue weighted by atomic mass is 16.6. The molecule has 0 saturated carbocycles. The van der Waals surface area contributed by atoms with E-state index < -0.39 is 17.7 Å². The molecular formula is C26H34N4O6. The van der Waals surface area contributed by atoms with Crippen LogP contribution in [0.5, 0.6) is 11.5 Å². The summed E-state index contributed by atoms with van der Waals surface area (Å²) >= 11 is 0. The lowest BCUT2D eigenvalue weighted by molar-refractivity contribution is 0.0514. The fourth-order valence-electron chi connectivity index (χ4n) is 3.73. The maximum Gasteiger partial charge on any atom is 0.416 e. The van der Waals surface area contributed by atoms with Crippen molar-refractivity contribution in [3.8, 4) is 11.5 Å². The zero-order valence-electron chi connectivity index (χ0n) is 22.2. The van der Waals surface area contributed by atoms with Gasteiger partial charge in [0.05, 0.1) is 33.1 Å². The highest BCUT2D eigenvalue weighted by molar-refractivity contribution is 5.91. The van der Waals surface area contributed by atoms with Gasteiger partial charge in [0.25, 0.3) is 0 Å². The Kier molecular flexibility index (Phi) is 8.07. The lowest BCUT2D eigenvalue weighted by Gasteiger charge is -2.28. The Morgan fingerprint density at radius 1 is 1.08 bits per heavy atom. The predicted octanol–water partition coefficient (Wildman–Crippen LogP) is 4.74. The molecule has 3 rings (SSSR count). The van der Waals surface area contributed by atoms with Crippen LogP contribution in [0.2, 0.25) is 0 Å². The van der Waals surface area contributed by atoms with E-state index in [1.165, 1.54) is 4.90 Å². The number of fused-ring (bicyclic) bond motifs is 1. The minimum absolute atomic E-state index is 0.123. The van der Waals surface area contributed by atoms with Gasteiger partial charge in [-0.25, -0.2) is 14.6 Å². The van der Waals surface area contributed by atoms with E-state index in [0.29, 0.717) is 40.7 Å². The number of hydrogen-bond acceptors (Lipinski definition) is 8. The minimum Gasteiger partial charge on any atom is -0.497 e. The Hall–Kier alpha value is -3.82. The molecule has 0 bridgehead atoms. The number of benzene rings is 1. The van der Waals surface area contributed by atoms with Crippen molar-refractivity contribution in [3.05, 3.63) is 46.9 Å². The van der Waals surface area contributed by atoms with Crippen LogP contribution < -0.4 is 14.4 Å². The van der Waals surface area contributed by atoms with Crippen LogP contribution in [0.15, 0.2) is 24.4 Å². The van der Waals surface area contributed by atoms with E-state index in [9.17, 15) is 9.59 Å². The first-order valence-corrected chi connectivity index (χ1v) is 11.8. The van der Waals surface area contributed by atoms with Crippen LogP contribution in [-0.2, 0) is 22.4 Å². The quantitative estimate of drug-likeness (QED) is 0.410. The summed E-state index contributed by atoms with van der Waals surface area (Å²) < 4.78 is 23.4. The lowest BCUT2D eigenvalue weighted by atomic mass is 10.1. The average molecular weight is 499 g/mol. The number of hydrogen-bond donors (Lipinski definition) is 0. The zero-order valence-corrected chi connectivity index (χ0v) is 22.2. The molecule has 0 fully saturated rings. The SMILES string of the molecule is CCOC(=O)c1c(CC)nc2nc(N(Cc3ccc(OC)cc3OC)C(=O)OC(C)(C)C)c(C)cn12. The van der Waals surface area contributed by atoms with E-state index in [-0.39, 0.29) is 18.9 Å². The van der Waals surface area contributed by atoms with Gasteiger partial charge in [0.15, 0.2) is 5.69 Å². The molecule has 0 saturated heterocycles. The molecule has 3 aromatic rings. The van der Waals surface area contributed by atoms with Gasteiger partial charge in [-0.05, 0) is 53.2 Å². The Labute approximate surface area is 211 Å². The molecule has 0 N–H and O–H groups in total. The molecule has 2 heterocycles. The van der Waals surface area contributed by atoms with Crippen LogP contribution in [0.1, 0.15) is 61.9 Å². The number of aromatic nitrogens is 3. The lowest BCUT2D eigenvalue weighted by Crippen LogP contribution is -2.37. The number of esters is 1. The molecule has 1 aromatic carbocycles. The highest BCUT2D eigenvalue weighted by Gasteiger charge is 2.29. The summed E-state index contributed by atoms with van der Waals surface area (Å²) in [6.45, 7) is 11.2. The number of rotatable bonds is 8. The van der Waals surface area contributed by atoms with Gasteiger partial charge in [0, 0.05) is 23.4 Å². The van der Waals surface area contributed by atoms with E-state index in [1.54, 1.807) is 64.6 Å². The summed E-state index contributed by atoms with van der Waals surface area (Å²) in [6, 6.07) is 5.37. The number of ether oxygens (including phenoxy) is 4. The minimum atomic E-state index is -0.725. The molecule has 194 valence electrons. The number of imidazole rings is 1. The number of amides is 1. The molecule has 0 aliphatic rings.